The SMILES string of the molecule is FC(F)(F)c1ccncc1C[AsH]CC[C@@]1(c2ccncc2)CCOC2(CCCC2)C1. The molecule has 1 saturated heterocycles. The molecule has 1 aliphatic carbocycles. The second-order valence-corrected chi connectivity index (χ2v) is 11.5. The van der Waals surface area contributed by atoms with Crippen LogP contribution in [0.4, 0.5) is 13.2 Å². The fourth-order valence-corrected chi connectivity index (χ4v) is 8.17. The summed E-state index contributed by atoms with van der Waals surface area (Å²) in [6.45, 7) is 0.767. The third-order valence-electron chi connectivity index (χ3n) is 6.76. The molecule has 1 unspecified atom stereocenters. The van der Waals surface area contributed by atoms with Gasteiger partial charge in [-0.2, -0.15) is 0 Å². The van der Waals surface area contributed by atoms with Gasteiger partial charge in [0, 0.05) is 0 Å². The first kappa shape index (κ1) is 21.8. The second-order valence-electron chi connectivity index (χ2n) is 8.64. The van der Waals surface area contributed by atoms with Crippen molar-refractivity contribution < 1.29 is 17.9 Å². The monoisotopic (exact) mass is 480 g/mol. The molecule has 0 N–H and O–H groups in total. The number of aromatic nitrogens is 2. The van der Waals surface area contributed by atoms with E-state index in [2.05, 4.69) is 22.1 Å². The molecule has 1 aliphatic heterocycles. The van der Waals surface area contributed by atoms with Crippen molar-refractivity contribution in [1.29, 1.82) is 0 Å². The third-order valence-corrected chi connectivity index (χ3v) is 9.35. The Kier molecular flexibility index (Phi) is 6.55. The third kappa shape index (κ3) is 4.75. The minimum absolute atomic E-state index is 0.00563. The molecule has 2 aromatic rings. The van der Waals surface area contributed by atoms with Gasteiger partial charge in [0.15, 0.2) is 0 Å². The molecule has 0 amide bonds. The summed E-state index contributed by atoms with van der Waals surface area (Å²) in [5, 5.41) is 1.53. The van der Waals surface area contributed by atoms with Crippen LogP contribution in [0.1, 0.15) is 61.6 Å². The fraction of sp³-hybridized carbons (Fsp3) is 0.565. The van der Waals surface area contributed by atoms with Crippen LogP contribution in [0.15, 0.2) is 43.0 Å². The summed E-state index contributed by atoms with van der Waals surface area (Å²) in [6, 6.07) is 5.34. The summed E-state index contributed by atoms with van der Waals surface area (Å²) in [7, 11) is 0. The maximum atomic E-state index is 13.3. The first-order chi connectivity index (χ1) is 14.4. The van der Waals surface area contributed by atoms with Crippen molar-refractivity contribution in [3.8, 4) is 0 Å². The van der Waals surface area contributed by atoms with Crippen molar-refractivity contribution in [3.05, 3.63) is 59.7 Å². The van der Waals surface area contributed by atoms with E-state index in [1.807, 2.05) is 12.4 Å². The molecule has 1 spiro atoms. The Balaban J connectivity index is 1.47. The molecule has 7 heteroatoms. The molecule has 0 aromatic carbocycles. The van der Waals surface area contributed by atoms with Gasteiger partial charge in [-0.3, -0.25) is 0 Å². The zero-order chi connectivity index (χ0) is 21.1. The number of rotatable bonds is 6. The number of halogens is 3. The van der Waals surface area contributed by atoms with Gasteiger partial charge in [-0.15, -0.1) is 0 Å². The van der Waals surface area contributed by atoms with Crippen LogP contribution in [0, 0.1) is 0 Å². The first-order valence-corrected chi connectivity index (χ1v) is 13.6. The Morgan fingerprint density at radius 2 is 1.73 bits per heavy atom. The van der Waals surface area contributed by atoms with E-state index in [4.69, 9.17) is 4.74 Å². The molecule has 2 fully saturated rings. The summed E-state index contributed by atoms with van der Waals surface area (Å²) in [6.07, 6.45) is 9.75. The molecule has 0 bridgehead atoms. The Morgan fingerprint density at radius 1 is 1.00 bits per heavy atom. The molecule has 2 aliphatic rings. The van der Waals surface area contributed by atoms with Crippen LogP contribution in [0.25, 0.3) is 0 Å². The van der Waals surface area contributed by atoms with E-state index < -0.39 is 27.5 Å². The Labute approximate surface area is 182 Å². The van der Waals surface area contributed by atoms with Gasteiger partial charge >= 0.3 is 182 Å². The average molecular weight is 480 g/mol. The van der Waals surface area contributed by atoms with Crippen molar-refractivity contribution in [2.75, 3.05) is 6.61 Å². The molecule has 0 radical (unpaired) electrons. The molecule has 162 valence electrons. The molecule has 2 aromatic heterocycles. The Bertz CT molecular complexity index is 840. The molecule has 1 saturated carbocycles. The van der Waals surface area contributed by atoms with E-state index in [-0.39, 0.29) is 11.0 Å². The van der Waals surface area contributed by atoms with Crippen LogP contribution in [-0.4, -0.2) is 37.9 Å². The van der Waals surface area contributed by atoms with Crippen LogP contribution in [-0.2, 0) is 21.5 Å². The van der Waals surface area contributed by atoms with Gasteiger partial charge in [-0.1, -0.05) is 0 Å². The summed E-state index contributed by atoms with van der Waals surface area (Å²) < 4.78 is 46.1. The van der Waals surface area contributed by atoms with Crippen molar-refractivity contribution in [2.45, 2.75) is 72.6 Å². The number of pyridine rings is 2. The second kappa shape index (κ2) is 9.00. The van der Waals surface area contributed by atoms with Gasteiger partial charge in [-0.25, -0.2) is 0 Å². The van der Waals surface area contributed by atoms with Gasteiger partial charge in [0.2, 0.25) is 0 Å². The van der Waals surface area contributed by atoms with Crippen LogP contribution in [0.5, 0.6) is 0 Å². The number of ether oxygens (including phenoxy) is 1. The van der Waals surface area contributed by atoms with Gasteiger partial charge in [0.05, 0.1) is 0 Å². The molecule has 3 nitrogen and oxygen atoms in total. The van der Waals surface area contributed by atoms with E-state index >= 15 is 0 Å². The van der Waals surface area contributed by atoms with E-state index in [1.165, 1.54) is 30.8 Å². The zero-order valence-electron chi connectivity index (χ0n) is 17.0. The number of hydrogen-bond acceptors (Lipinski definition) is 3. The first-order valence-electron chi connectivity index (χ1n) is 10.7. The summed E-state index contributed by atoms with van der Waals surface area (Å²) in [5.74, 6) is 0. The van der Waals surface area contributed by atoms with Gasteiger partial charge < -0.3 is 0 Å². The van der Waals surface area contributed by atoms with Gasteiger partial charge in [0.1, 0.15) is 0 Å². The van der Waals surface area contributed by atoms with Crippen LogP contribution in [0.3, 0.4) is 0 Å². The molecule has 3 heterocycles. The summed E-state index contributed by atoms with van der Waals surface area (Å²) in [5.41, 5.74) is 1.19. The number of alkyl halides is 3. The van der Waals surface area contributed by atoms with Crippen LogP contribution >= 0.6 is 0 Å². The molecule has 30 heavy (non-hydrogen) atoms. The Morgan fingerprint density at radius 3 is 2.47 bits per heavy atom. The Hall–Kier alpha value is -1.39. The van der Waals surface area contributed by atoms with Crippen molar-refractivity contribution in [1.82, 2.24) is 9.97 Å². The van der Waals surface area contributed by atoms with E-state index in [0.29, 0.717) is 10.8 Å². The average Bonchev–Trinajstić information content (AvgIpc) is 3.19. The number of nitrogens with zero attached hydrogens (tertiary/aromatic N) is 2. The van der Waals surface area contributed by atoms with Crippen LogP contribution < -0.4 is 0 Å². The van der Waals surface area contributed by atoms with E-state index in [9.17, 15) is 13.2 Å². The van der Waals surface area contributed by atoms with E-state index in [0.717, 1.165) is 50.0 Å². The van der Waals surface area contributed by atoms with E-state index in [1.54, 1.807) is 0 Å². The van der Waals surface area contributed by atoms with Crippen LogP contribution in [0.2, 0.25) is 5.21 Å². The van der Waals surface area contributed by atoms with Crippen molar-refractivity contribution in [3.63, 3.8) is 0 Å². The molecular formula is C23H28AsF3N2O. The number of hydrogen-bond donors (Lipinski definition) is 0. The van der Waals surface area contributed by atoms with Gasteiger partial charge in [-0.05, 0) is 0 Å². The summed E-state index contributed by atoms with van der Waals surface area (Å²) >= 11 is -0.543. The van der Waals surface area contributed by atoms with Gasteiger partial charge in [0.25, 0.3) is 0 Å². The predicted octanol–water partition coefficient (Wildman–Crippen LogP) is 5.30. The summed E-state index contributed by atoms with van der Waals surface area (Å²) in [4.78, 5) is 8.13. The molecule has 2 atom stereocenters. The maximum absolute atomic E-state index is 13.3. The normalized spacial score (nSPS) is 24.1. The van der Waals surface area contributed by atoms with Crippen molar-refractivity contribution >= 4 is 15.8 Å². The predicted molar refractivity (Wildman–Crippen MR) is 112 cm³/mol. The fourth-order valence-electron chi connectivity index (χ4n) is 5.26. The molecular weight excluding hydrogens is 452 g/mol. The standard InChI is InChI=1S/C23H28AsF3N2O/c25-23(26,27)20-5-13-29-16-18(20)15-24-10-8-21(19-3-11-28-12-4-19)9-14-30-22(17-21)6-1-2-7-22/h3-5,11-13,16,24H,1-2,6-10,14-15,17H2/t21-/m1/s1. The molecule has 4 rings (SSSR count). The minimum atomic E-state index is -4.31. The zero-order valence-corrected chi connectivity index (χ0v) is 19.1. The van der Waals surface area contributed by atoms with Crippen molar-refractivity contribution in [2.24, 2.45) is 0 Å². The quantitative estimate of drug-likeness (QED) is 0.416. The topological polar surface area (TPSA) is 35.0 Å².